The first kappa shape index (κ1) is 22.1. The summed E-state index contributed by atoms with van der Waals surface area (Å²) in [6.45, 7) is 3.12. The first-order chi connectivity index (χ1) is 15.6. The second-order valence-corrected chi connectivity index (χ2v) is 8.80. The standard InChI is InChI=1S/C24H27N3O4S/c1-3-4-5-8-15-30-18-13-11-17(12-14-18)22(28)31-21-16-26(2)24(29)27(21)23-25-19-9-6-7-10-20(19)32-23/h6-7,9-14,21H,3-5,8,15-16H2,1-2H3. The normalized spacial score (nSPS) is 16.1. The van der Waals surface area contributed by atoms with E-state index in [9.17, 15) is 9.59 Å². The second kappa shape index (κ2) is 9.99. The predicted octanol–water partition coefficient (Wildman–Crippen LogP) is 5.31. The van der Waals surface area contributed by atoms with Crippen LogP contribution in [0.15, 0.2) is 48.5 Å². The number of esters is 1. The first-order valence-corrected chi connectivity index (χ1v) is 11.7. The van der Waals surface area contributed by atoms with E-state index in [1.54, 1.807) is 31.3 Å². The Morgan fingerprint density at radius 1 is 1.12 bits per heavy atom. The molecule has 168 valence electrons. The number of carbonyl (C=O) groups is 2. The molecule has 2 amide bonds. The second-order valence-electron chi connectivity index (χ2n) is 7.79. The van der Waals surface area contributed by atoms with Gasteiger partial charge in [0.25, 0.3) is 0 Å². The molecule has 8 heteroatoms. The number of thiazole rings is 1. The van der Waals surface area contributed by atoms with E-state index in [1.807, 2.05) is 24.3 Å². The van der Waals surface area contributed by atoms with Crippen molar-refractivity contribution in [3.8, 4) is 5.75 Å². The average molecular weight is 454 g/mol. The molecule has 4 rings (SSSR count). The number of unbranched alkanes of at least 4 members (excludes halogenated alkanes) is 3. The van der Waals surface area contributed by atoms with E-state index in [0.717, 1.165) is 28.8 Å². The number of carbonyl (C=O) groups excluding carboxylic acids is 2. The number of nitrogens with zero attached hydrogens (tertiary/aromatic N) is 3. The minimum absolute atomic E-state index is 0.242. The van der Waals surface area contributed by atoms with Crippen LogP contribution in [-0.4, -0.2) is 48.3 Å². The lowest BCUT2D eigenvalue weighted by Gasteiger charge is -2.20. The van der Waals surface area contributed by atoms with Gasteiger partial charge in [-0.25, -0.2) is 19.5 Å². The van der Waals surface area contributed by atoms with Gasteiger partial charge < -0.3 is 14.4 Å². The number of urea groups is 1. The molecule has 7 nitrogen and oxygen atoms in total. The highest BCUT2D eigenvalue weighted by Gasteiger charge is 2.40. The molecule has 0 aliphatic carbocycles. The fourth-order valence-corrected chi connectivity index (χ4v) is 4.56. The van der Waals surface area contributed by atoms with Crippen molar-refractivity contribution >= 4 is 38.7 Å². The number of hydrogen-bond acceptors (Lipinski definition) is 6. The van der Waals surface area contributed by atoms with E-state index in [-0.39, 0.29) is 12.6 Å². The van der Waals surface area contributed by atoms with E-state index in [0.29, 0.717) is 17.3 Å². The number of amides is 2. The minimum atomic E-state index is -0.741. The zero-order valence-corrected chi connectivity index (χ0v) is 19.1. The molecule has 0 N–H and O–H groups in total. The van der Waals surface area contributed by atoms with Crippen LogP contribution < -0.4 is 9.64 Å². The third-order valence-corrected chi connectivity index (χ3v) is 6.37. The van der Waals surface area contributed by atoms with Gasteiger partial charge >= 0.3 is 12.0 Å². The predicted molar refractivity (Wildman–Crippen MR) is 125 cm³/mol. The van der Waals surface area contributed by atoms with E-state index in [4.69, 9.17) is 9.47 Å². The van der Waals surface area contributed by atoms with Gasteiger partial charge in [0.2, 0.25) is 6.23 Å². The lowest BCUT2D eigenvalue weighted by Crippen LogP contribution is -2.37. The maximum Gasteiger partial charge on any atom is 0.340 e. The molecule has 3 aromatic rings. The first-order valence-electron chi connectivity index (χ1n) is 10.9. The Labute approximate surface area is 191 Å². The highest BCUT2D eigenvalue weighted by molar-refractivity contribution is 7.22. The fraction of sp³-hybridized carbons (Fsp3) is 0.375. The molecule has 1 aliphatic rings. The summed E-state index contributed by atoms with van der Waals surface area (Å²) in [7, 11) is 1.68. The van der Waals surface area contributed by atoms with Crippen LogP contribution in [0.25, 0.3) is 10.2 Å². The maximum atomic E-state index is 12.8. The van der Waals surface area contributed by atoms with E-state index in [1.165, 1.54) is 34.0 Å². The molecule has 0 radical (unpaired) electrons. The monoisotopic (exact) mass is 453 g/mol. The SMILES string of the molecule is CCCCCCOc1ccc(C(=O)OC2CN(C)C(=O)N2c2nc3ccccc3s2)cc1. The molecule has 2 heterocycles. The highest BCUT2D eigenvalue weighted by atomic mass is 32.1. The van der Waals surface area contributed by atoms with Crippen LogP contribution in [0.4, 0.5) is 9.93 Å². The average Bonchev–Trinajstić information content (AvgIpc) is 3.34. The molecular weight excluding hydrogens is 426 g/mol. The van der Waals surface area contributed by atoms with Crippen LogP contribution in [0.3, 0.4) is 0 Å². The van der Waals surface area contributed by atoms with Crippen LogP contribution in [0, 0.1) is 0 Å². The zero-order valence-electron chi connectivity index (χ0n) is 18.3. The van der Waals surface area contributed by atoms with E-state index in [2.05, 4.69) is 11.9 Å². The molecule has 1 unspecified atom stereocenters. The number of benzene rings is 2. The minimum Gasteiger partial charge on any atom is -0.494 e. The summed E-state index contributed by atoms with van der Waals surface area (Å²) in [6, 6.07) is 14.4. The van der Waals surface area contributed by atoms with Gasteiger partial charge in [-0.15, -0.1) is 0 Å². The zero-order chi connectivity index (χ0) is 22.5. The molecule has 1 atom stereocenters. The number of ether oxygens (including phenoxy) is 2. The summed E-state index contributed by atoms with van der Waals surface area (Å²) in [4.78, 5) is 33.0. The van der Waals surface area contributed by atoms with Crippen molar-refractivity contribution in [2.24, 2.45) is 0 Å². The summed E-state index contributed by atoms with van der Waals surface area (Å²) < 4.78 is 12.4. The smallest absolute Gasteiger partial charge is 0.340 e. The number of anilines is 1. The summed E-state index contributed by atoms with van der Waals surface area (Å²) >= 11 is 1.40. The molecule has 2 aromatic carbocycles. The topological polar surface area (TPSA) is 72.0 Å². The van der Waals surface area contributed by atoms with Crippen LogP contribution in [-0.2, 0) is 4.74 Å². The van der Waals surface area contributed by atoms with Crippen molar-refractivity contribution in [3.63, 3.8) is 0 Å². The lowest BCUT2D eigenvalue weighted by atomic mass is 10.2. The number of rotatable bonds is 9. The third-order valence-electron chi connectivity index (χ3n) is 5.34. The van der Waals surface area contributed by atoms with E-state index >= 15 is 0 Å². The third kappa shape index (κ3) is 4.85. The molecule has 0 saturated carbocycles. The summed E-state index contributed by atoms with van der Waals surface area (Å²) in [5, 5.41) is 0.519. The lowest BCUT2D eigenvalue weighted by molar-refractivity contribution is 0.0331. The molecule has 1 saturated heterocycles. The summed E-state index contributed by atoms with van der Waals surface area (Å²) in [5.41, 5.74) is 1.22. The van der Waals surface area contributed by atoms with Crippen molar-refractivity contribution in [2.75, 3.05) is 25.1 Å². The van der Waals surface area contributed by atoms with Crippen molar-refractivity contribution < 1.29 is 19.1 Å². The highest BCUT2D eigenvalue weighted by Crippen LogP contribution is 2.33. The molecule has 1 aromatic heterocycles. The van der Waals surface area contributed by atoms with Crippen molar-refractivity contribution in [1.82, 2.24) is 9.88 Å². The van der Waals surface area contributed by atoms with Gasteiger partial charge in [0.1, 0.15) is 5.75 Å². The molecule has 0 bridgehead atoms. The molecule has 1 fully saturated rings. The van der Waals surface area contributed by atoms with Crippen LogP contribution in [0.2, 0.25) is 0 Å². The van der Waals surface area contributed by atoms with Crippen LogP contribution in [0.5, 0.6) is 5.75 Å². The molecular formula is C24H27N3O4S. The van der Waals surface area contributed by atoms with Gasteiger partial charge in [-0.1, -0.05) is 49.7 Å². The van der Waals surface area contributed by atoms with Gasteiger partial charge in [0, 0.05) is 7.05 Å². The van der Waals surface area contributed by atoms with Crippen molar-refractivity contribution in [2.45, 2.75) is 38.8 Å². The van der Waals surface area contributed by atoms with E-state index < -0.39 is 12.2 Å². The Balaban J connectivity index is 1.41. The summed E-state index contributed by atoms with van der Waals surface area (Å²) in [5.74, 6) is 0.239. The van der Waals surface area contributed by atoms with Gasteiger partial charge in [-0.3, -0.25) is 0 Å². The van der Waals surface area contributed by atoms with Crippen LogP contribution >= 0.6 is 11.3 Å². The van der Waals surface area contributed by atoms with Crippen molar-refractivity contribution in [1.29, 1.82) is 0 Å². The maximum absolute atomic E-state index is 12.8. The number of aromatic nitrogens is 1. The molecule has 0 spiro atoms. The van der Waals surface area contributed by atoms with Crippen LogP contribution in [0.1, 0.15) is 43.0 Å². The molecule has 32 heavy (non-hydrogen) atoms. The number of likely N-dealkylation sites (N-methyl/N-ethyl adjacent to an activating group) is 1. The summed E-state index contributed by atoms with van der Waals surface area (Å²) in [6.07, 6.45) is 3.83. The number of hydrogen-bond donors (Lipinski definition) is 0. The quantitative estimate of drug-likeness (QED) is 0.324. The number of fused-ring (bicyclic) bond motifs is 1. The van der Waals surface area contributed by atoms with Gasteiger partial charge in [0.15, 0.2) is 5.13 Å². The largest absolute Gasteiger partial charge is 0.494 e. The fourth-order valence-electron chi connectivity index (χ4n) is 3.56. The van der Waals surface area contributed by atoms with Gasteiger partial charge in [0.05, 0.1) is 28.9 Å². The van der Waals surface area contributed by atoms with Crippen molar-refractivity contribution in [3.05, 3.63) is 54.1 Å². The van der Waals surface area contributed by atoms with Gasteiger partial charge in [-0.2, -0.15) is 0 Å². The Bertz CT molecular complexity index is 1050. The molecule has 1 aliphatic heterocycles. The Hall–Kier alpha value is -3.13. The van der Waals surface area contributed by atoms with Gasteiger partial charge in [-0.05, 0) is 42.8 Å². The Morgan fingerprint density at radius 3 is 2.66 bits per heavy atom. The Morgan fingerprint density at radius 2 is 1.91 bits per heavy atom. The Kier molecular flexibility index (Phi) is 6.90. The number of para-hydroxylation sites is 1.